The Bertz CT molecular complexity index is 384. The van der Waals surface area contributed by atoms with Crippen LogP contribution in [0.2, 0.25) is 0 Å². The highest BCUT2D eigenvalue weighted by atomic mass is 16.5. The van der Waals surface area contributed by atoms with Crippen LogP contribution in [0, 0.1) is 0 Å². The van der Waals surface area contributed by atoms with Crippen LogP contribution in [-0.4, -0.2) is 30.5 Å². The zero-order valence-electron chi connectivity index (χ0n) is 10.7. The van der Waals surface area contributed by atoms with Crippen molar-refractivity contribution < 1.29 is 9.84 Å². The van der Waals surface area contributed by atoms with Crippen LogP contribution in [0.3, 0.4) is 0 Å². The van der Waals surface area contributed by atoms with E-state index >= 15 is 0 Å². The van der Waals surface area contributed by atoms with Crippen molar-refractivity contribution >= 4 is 5.69 Å². The molecule has 94 valence electrons. The van der Waals surface area contributed by atoms with E-state index in [0.717, 1.165) is 5.69 Å². The lowest BCUT2D eigenvalue weighted by atomic mass is 9.85. The lowest BCUT2D eigenvalue weighted by Gasteiger charge is -2.25. The van der Waals surface area contributed by atoms with Crippen LogP contribution < -0.4 is 5.32 Å². The highest BCUT2D eigenvalue weighted by molar-refractivity contribution is 5.55. The van der Waals surface area contributed by atoms with Gasteiger partial charge in [0, 0.05) is 5.69 Å². The monoisotopic (exact) mass is 235 g/mol. The summed E-state index contributed by atoms with van der Waals surface area (Å²) in [6.45, 7) is 7.56. The molecule has 1 aromatic rings. The molecule has 2 atom stereocenters. The third-order valence-corrected chi connectivity index (χ3v) is 3.13. The van der Waals surface area contributed by atoms with Crippen LogP contribution in [0.5, 0.6) is 0 Å². The van der Waals surface area contributed by atoms with E-state index in [0.29, 0.717) is 13.2 Å². The number of hydrogen-bond acceptors (Lipinski definition) is 3. The molecule has 1 aliphatic heterocycles. The zero-order chi connectivity index (χ0) is 12.5. The van der Waals surface area contributed by atoms with Crippen molar-refractivity contribution in [2.75, 3.05) is 18.5 Å². The first-order chi connectivity index (χ1) is 7.98. The molecule has 1 fully saturated rings. The highest BCUT2D eigenvalue weighted by Gasteiger charge is 2.27. The Morgan fingerprint density at radius 1 is 1.24 bits per heavy atom. The Hall–Kier alpha value is -1.06. The molecule has 2 unspecified atom stereocenters. The van der Waals surface area contributed by atoms with Gasteiger partial charge in [-0.05, 0) is 17.0 Å². The van der Waals surface area contributed by atoms with Crippen LogP contribution in [0.1, 0.15) is 26.3 Å². The molecule has 3 nitrogen and oxygen atoms in total. The van der Waals surface area contributed by atoms with E-state index in [1.165, 1.54) is 5.56 Å². The minimum atomic E-state index is -0.414. The number of hydrogen-bond donors (Lipinski definition) is 2. The van der Waals surface area contributed by atoms with Crippen molar-refractivity contribution in [3.05, 3.63) is 29.8 Å². The van der Waals surface area contributed by atoms with Crippen molar-refractivity contribution in [1.29, 1.82) is 0 Å². The smallest absolute Gasteiger partial charge is 0.0996 e. The molecule has 1 aliphatic rings. The van der Waals surface area contributed by atoms with Gasteiger partial charge in [-0.25, -0.2) is 0 Å². The third-order valence-electron chi connectivity index (χ3n) is 3.13. The Morgan fingerprint density at radius 3 is 2.53 bits per heavy atom. The fourth-order valence-corrected chi connectivity index (χ4v) is 2.14. The molecule has 17 heavy (non-hydrogen) atoms. The molecular formula is C14H21NO2. The number of rotatable bonds is 2. The lowest BCUT2D eigenvalue weighted by molar-refractivity contribution is 0.125. The molecule has 1 heterocycles. The summed E-state index contributed by atoms with van der Waals surface area (Å²) < 4.78 is 5.25. The first-order valence-corrected chi connectivity index (χ1v) is 6.10. The molecule has 3 heteroatoms. The molecular weight excluding hydrogens is 214 g/mol. The summed E-state index contributed by atoms with van der Waals surface area (Å²) in [6.07, 6.45) is -0.414. The standard InChI is InChI=1S/C14H21NO2/c1-14(2,3)10-6-4-5-7-11(10)15-12-8-17-9-13(12)16/h4-7,12-13,15-16H,8-9H2,1-3H3. The number of ether oxygens (including phenoxy) is 1. The van der Waals surface area contributed by atoms with Crippen LogP contribution >= 0.6 is 0 Å². The third kappa shape index (κ3) is 2.79. The van der Waals surface area contributed by atoms with Crippen molar-refractivity contribution in [2.24, 2.45) is 0 Å². The summed E-state index contributed by atoms with van der Waals surface area (Å²) in [7, 11) is 0. The van der Waals surface area contributed by atoms with E-state index in [9.17, 15) is 5.11 Å². The van der Waals surface area contributed by atoms with E-state index in [-0.39, 0.29) is 11.5 Å². The second-order valence-corrected chi connectivity index (χ2v) is 5.65. The molecule has 0 amide bonds. The molecule has 0 bridgehead atoms. The minimum Gasteiger partial charge on any atom is -0.388 e. The van der Waals surface area contributed by atoms with Gasteiger partial charge in [-0.2, -0.15) is 0 Å². The Kier molecular flexibility index (Phi) is 3.40. The first kappa shape index (κ1) is 12.4. The van der Waals surface area contributed by atoms with Gasteiger partial charge in [0.2, 0.25) is 0 Å². The van der Waals surface area contributed by atoms with Gasteiger partial charge < -0.3 is 15.2 Å². The molecule has 2 rings (SSSR count). The molecule has 1 aromatic carbocycles. The fourth-order valence-electron chi connectivity index (χ4n) is 2.14. The van der Waals surface area contributed by atoms with Crippen LogP contribution in [0.15, 0.2) is 24.3 Å². The van der Waals surface area contributed by atoms with Gasteiger partial charge >= 0.3 is 0 Å². The number of benzene rings is 1. The van der Waals surface area contributed by atoms with Gasteiger partial charge in [-0.3, -0.25) is 0 Å². The highest BCUT2D eigenvalue weighted by Crippen LogP contribution is 2.30. The molecule has 1 saturated heterocycles. The van der Waals surface area contributed by atoms with Crippen LogP contribution in [0.25, 0.3) is 0 Å². The van der Waals surface area contributed by atoms with E-state index in [2.05, 4.69) is 38.2 Å². The van der Waals surface area contributed by atoms with E-state index in [1.54, 1.807) is 0 Å². The summed E-state index contributed by atoms with van der Waals surface area (Å²) in [6, 6.07) is 8.25. The quantitative estimate of drug-likeness (QED) is 0.825. The minimum absolute atomic E-state index is 0.00139. The number of para-hydroxylation sites is 1. The Balaban J connectivity index is 2.21. The van der Waals surface area contributed by atoms with Crippen molar-refractivity contribution in [3.8, 4) is 0 Å². The molecule has 0 aromatic heterocycles. The summed E-state index contributed by atoms with van der Waals surface area (Å²) in [5.74, 6) is 0. The van der Waals surface area contributed by atoms with Gasteiger partial charge in [0.25, 0.3) is 0 Å². The van der Waals surface area contributed by atoms with E-state index < -0.39 is 6.10 Å². The Labute approximate surface area is 103 Å². The van der Waals surface area contributed by atoms with Gasteiger partial charge in [0.1, 0.15) is 0 Å². The molecule has 2 N–H and O–H groups in total. The van der Waals surface area contributed by atoms with Crippen LogP contribution in [0.4, 0.5) is 5.69 Å². The summed E-state index contributed by atoms with van der Waals surface area (Å²) >= 11 is 0. The zero-order valence-corrected chi connectivity index (χ0v) is 10.7. The van der Waals surface area contributed by atoms with Gasteiger partial charge in [0.15, 0.2) is 0 Å². The second-order valence-electron chi connectivity index (χ2n) is 5.65. The molecule has 0 saturated carbocycles. The topological polar surface area (TPSA) is 41.5 Å². The lowest BCUT2D eigenvalue weighted by Crippen LogP contribution is -2.32. The SMILES string of the molecule is CC(C)(C)c1ccccc1NC1COCC1O. The normalized spacial score (nSPS) is 24.9. The number of anilines is 1. The maximum atomic E-state index is 9.76. The van der Waals surface area contributed by atoms with Crippen LogP contribution in [-0.2, 0) is 10.2 Å². The average Bonchev–Trinajstić information content (AvgIpc) is 2.64. The first-order valence-electron chi connectivity index (χ1n) is 6.10. The van der Waals surface area contributed by atoms with Crippen molar-refractivity contribution in [1.82, 2.24) is 0 Å². The molecule has 0 spiro atoms. The van der Waals surface area contributed by atoms with E-state index in [4.69, 9.17) is 4.74 Å². The number of nitrogens with one attached hydrogen (secondary N) is 1. The second kappa shape index (κ2) is 4.67. The number of aliphatic hydroxyl groups excluding tert-OH is 1. The molecule has 0 aliphatic carbocycles. The predicted octanol–water partition coefficient (Wildman–Crippen LogP) is 2.16. The van der Waals surface area contributed by atoms with Gasteiger partial charge in [-0.1, -0.05) is 39.0 Å². The summed E-state index contributed by atoms with van der Waals surface area (Å²) in [5, 5.41) is 13.1. The average molecular weight is 235 g/mol. The van der Waals surface area contributed by atoms with Crippen molar-refractivity contribution in [3.63, 3.8) is 0 Å². The van der Waals surface area contributed by atoms with Crippen molar-refractivity contribution in [2.45, 2.75) is 38.3 Å². The maximum Gasteiger partial charge on any atom is 0.0996 e. The maximum absolute atomic E-state index is 9.76. The summed E-state index contributed by atoms with van der Waals surface area (Å²) in [4.78, 5) is 0. The van der Waals surface area contributed by atoms with Gasteiger partial charge in [0.05, 0.1) is 25.4 Å². The van der Waals surface area contributed by atoms with Gasteiger partial charge in [-0.15, -0.1) is 0 Å². The predicted molar refractivity (Wildman–Crippen MR) is 69.4 cm³/mol. The largest absolute Gasteiger partial charge is 0.388 e. The molecule has 0 radical (unpaired) electrons. The Morgan fingerprint density at radius 2 is 1.94 bits per heavy atom. The number of aliphatic hydroxyl groups is 1. The van der Waals surface area contributed by atoms with E-state index in [1.807, 2.05) is 12.1 Å². The fraction of sp³-hybridized carbons (Fsp3) is 0.571. The summed E-state index contributed by atoms with van der Waals surface area (Å²) in [5.41, 5.74) is 2.45.